The molecule has 3 rings (SSSR count). The number of hydrogen-bond acceptors (Lipinski definition) is 5. The molecule has 0 aromatic heterocycles. The lowest BCUT2D eigenvalue weighted by atomic mass is 10.0. The lowest BCUT2D eigenvalue weighted by Crippen LogP contribution is -2.26. The van der Waals surface area contributed by atoms with E-state index in [4.69, 9.17) is 4.74 Å². The van der Waals surface area contributed by atoms with Crippen molar-refractivity contribution in [2.75, 3.05) is 19.8 Å². The van der Waals surface area contributed by atoms with Crippen LogP contribution >= 0.6 is 0 Å². The van der Waals surface area contributed by atoms with Crippen LogP contribution in [0.4, 0.5) is 0 Å². The van der Waals surface area contributed by atoms with Gasteiger partial charge in [0.25, 0.3) is 5.91 Å². The molecule has 28 heavy (non-hydrogen) atoms. The molecule has 1 aliphatic rings. The summed E-state index contributed by atoms with van der Waals surface area (Å²) >= 11 is 0. The highest BCUT2D eigenvalue weighted by Crippen LogP contribution is 2.34. The van der Waals surface area contributed by atoms with Gasteiger partial charge in [0.05, 0.1) is 9.79 Å². The number of carbonyl (C=O) groups excluding carboxylic acids is 2. The minimum atomic E-state index is -3.85. The molecule has 0 aliphatic carbocycles. The lowest BCUT2D eigenvalue weighted by Gasteiger charge is -2.19. The number of benzene rings is 2. The van der Waals surface area contributed by atoms with E-state index in [0.29, 0.717) is 32.1 Å². The number of sulfone groups is 1. The molecule has 0 saturated heterocycles. The summed E-state index contributed by atoms with van der Waals surface area (Å²) in [5, 5.41) is 2.75. The quantitative estimate of drug-likeness (QED) is 0.615. The molecule has 0 fully saturated rings. The molecular weight excluding hydrogens is 378 g/mol. The van der Waals surface area contributed by atoms with E-state index in [1.54, 1.807) is 12.1 Å². The van der Waals surface area contributed by atoms with Crippen molar-refractivity contribution in [1.82, 2.24) is 5.32 Å². The maximum absolute atomic E-state index is 12.9. The van der Waals surface area contributed by atoms with Crippen molar-refractivity contribution in [3.8, 4) is 0 Å². The Kier molecular flexibility index (Phi) is 5.96. The SMILES string of the molecule is CC(C)COCCCNC(=O)c1ccc2c(c1)S(=O)(=O)c1ccccc1C2=O. The highest BCUT2D eigenvalue weighted by molar-refractivity contribution is 7.91. The predicted molar refractivity (Wildman–Crippen MR) is 104 cm³/mol. The molecule has 0 unspecified atom stereocenters. The fraction of sp³-hybridized carbons (Fsp3) is 0.333. The highest BCUT2D eigenvalue weighted by atomic mass is 32.2. The van der Waals surface area contributed by atoms with Gasteiger partial charge in [0.2, 0.25) is 9.84 Å². The van der Waals surface area contributed by atoms with Crippen LogP contribution in [0.2, 0.25) is 0 Å². The average molecular weight is 401 g/mol. The summed E-state index contributed by atoms with van der Waals surface area (Å²) in [6.45, 7) is 5.76. The van der Waals surface area contributed by atoms with Crippen molar-refractivity contribution >= 4 is 21.5 Å². The maximum Gasteiger partial charge on any atom is 0.251 e. The van der Waals surface area contributed by atoms with E-state index in [9.17, 15) is 18.0 Å². The number of fused-ring (bicyclic) bond motifs is 2. The first-order chi connectivity index (χ1) is 13.3. The molecule has 1 heterocycles. The fourth-order valence-electron chi connectivity index (χ4n) is 3.02. The van der Waals surface area contributed by atoms with E-state index >= 15 is 0 Å². The molecule has 1 amide bonds. The second kappa shape index (κ2) is 8.24. The number of ketones is 1. The number of hydrogen-bond donors (Lipinski definition) is 1. The zero-order chi connectivity index (χ0) is 20.3. The molecule has 2 aromatic carbocycles. The van der Waals surface area contributed by atoms with Gasteiger partial charge < -0.3 is 10.1 Å². The van der Waals surface area contributed by atoms with Crippen LogP contribution in [0.15, 0.2) is 52.3 Å². The molecule has 0 radical (unpaired) electrons. The molecule has 7 heteroatoms. The monoisotopic (exact) mass is 401 g/mol. The van der Waals surface area contributed by atoms with Gasteiger partial charge in [-0.3, -0.25) is 9.59 Å². The van der Waals surface area contributed by atoms with E-state index in [2.05, 4.69) is 19.2 Å². The summed E-state index contributed by atoms with van der Waals surface area (Å²) in [4.78, 5) is 24.9. The summed E-state index contributed by atoms with van der Waals surface area (Å²) in [6.07, 6.45) is 0.660. The Morgan fingerprint density at radius 2 is 1.79 bits per heavy atom. The minimum Gasteiger partial charge on any atom is -0.381 e. The summed E-state index contributed by atoms with van der Waals surface area (Å²) < 4.78 is 31.3. The number of rotatable bonds is 7. The van der Waals surface area contributed by atoms with Crippen molar-refractivity contribution in [1.29, 1.82) is 0 Å². The average Bonchev–Trinajstić information content (AvgIpc) is 2.68. The summed E-state index contributed by atoms with van der Waals surface area (Å²) in [6, 6.07) is 10.3. The Bertz CT molecular complexity index is 1010. The molecule has 0 spiro atoms. The first kappa shape index (κ1) is 20.2. The van der Waals surface area contributed by atoms with E-state index in [1.807, 2.05) is 0 Å². The van der Waals surface area contributed by atoms with E-state index in [0.717, 1.165) is 0 Å². The van der Waals surface area contributed by atoms with Crippen molar-refractivity contribution in [2.24, 2.45) is 5.92 Å². The molecule has 1 aliphatic heterocycles. The zero-order valence-electron chi connectivity index (χ0n) is 15.9. The Labute approximate surface area is 164 Å². The normalized spacial score (nSPS) is 14.5. The summed E-state index contributed by atoms with van der Waals surface area (Å²) in [5.41, 5.74) is 0.462. The third-order valence-electron chi connectivity index (χ3n) is 4.40. The smallest absolute Gasteiger partial charge is 0.251 e. The number of ether oxygens (including phenoxy) is 1. The maximum atomic E-state index is 12.9. The first-order valence-corrected chi connectivity index (χ1v) is 10.7. The van der Waals surface area contributed by atoms with E-state index in [-0.39, 0.29) is 38.2 Å². The topological polar surface area (TPSA) is 89.5 Å². The number of amides is 1. The lowest BCUT2D eigenvalue weighted by molar-refractivity contribution is 0.0923. The van der Waals surface area contributed by atoms with Crippen LogP contribution in [-0.4, -0.2) is 39.9 Å². The Morgan fingerprint density at radius 3 is 2.54 bits per heavy atom. The molecule has 148 valence electrons. The standard InChI is InChI=1S/C21H23NO5S/c1-14(2)13-27-11-5-10-22-21(24)15-8-9-17-19(12-15)28(25,26)18-7-4-3-6-16(18)20(17)23/h3-4,6-9,12,14H,5,10-11,13H2,1-2H3,(H,22,24). The molecule has 6 nitrogen and oxygen atoms in total. The van der Waals surface area contributed by atoms with Crippen molar-refractivity contribution in [2.45, 2.75) is 30.1 Å². The van der Waals surface area contributed by atoms with Crippen molar-refractivity contribution in [3.05, 3.63) is 59.2 Å². The third-order valence-corrected chi connectivity index (χ3v) is 6.25. The van der Waals surface area contributed by atoms with Crippen LogP contribution in [0.1, 0.15) is 46.5 Å². The van der Waals surface area contributed by atoms with Gasteiger partial charge in [0, 0.05) is 36.4 Å². The largest absolute Gasteiger partial charge is 0.381 e. The van der Waals surface area contributed by atoms with Crippen LogP contribution in [0.5, 0.6) is 0 Å². The second-order valence-electron chi connectivity index (χ2n) is 7.12. The van der Waals surface area contributed by atoms with E-state index in [1.165, 1.54) is 30.3 Å². The van der Waals surface area contributed by atoms with Crippen LogP contribution in [0, 0.1) is 5.92 Å². The van der Waals surface area contributed by atoms with Gasteiger partial charge in [0.15, 0.2) is 5.78 Å². The van der Waals surface area contributed by atoms with Gasteiger partial charge in [-0.1, -0.05) is 26.0 Å². The van der Waals surface area contributed by atoms with Gasteiger partial charge in [-0.15, -0.1) is 0 Å². The van der Waals surface area contributed by atoms with Gasteiger partial charge in [-0.05, 0) is 42.7 Å². The van der Waals surface area contributed by atoms with Crippen molar-refractivity contribution in [3.63, 3.8) is 0 Å². The number of nitrogens with one attached hydrogen (secondary N) is 1. The van der Waals surface area contributed by atoms with Gasteiger partial charge in [0.1, 0.15) is 0 Å². The van der Waals surface area contributed by atoms with Crippen LogP contribution in [0.3, 0.4) is 0 Å². The Balaban J connectivity index is 1.74. The Morgan fingerprint density at radius 1 is 1.07 bits per heavy atom. The molecular formula is C21H23NO5S. The Hall–Kier alpha value is -2.51. The van der Waals surface area contributed by atoms with E-state index < -0.39 is 9.84 Å². The van der Waals surface area contributed by atoms with Gasteiger partial charge in [-0.25, -0.2) is 8.42 Å². The molecule has 2 aromatic rings. The highest BCUT2D eigenvalue weighted by Gasteiger charge is 2.34. The van der Waals surface area contributed by atoms with Crippen LogP contribution < -0.4 is 5.32 Å². The van der Waals surface area contributed by atoms with Crippen LogP contribution in [-0.2, 0) is 14.6 Å². The fourth-order valence-corrected chi connectivity index (χ4v) is 4.70. The first-order valence-electron chi connectivity index (χ1n) is 9.21. The minimum absolute atomic E-state index is 0.0210. The molecule has 0 saturated carbocycles. The number of carbonyl (C=O) groups is 2. The van der Waals surface area contributed by atoms with Gasteiger partial charge >= 0.3 is 0 Å². The molecule has 0 bridgehead atoms. The molecule has 0 atom stereocenters. The van der Waals surface area contributed by atoms with Crippen molar-refractivity contribution < 1.29 is 22.7 Å². The summed E-state index contributed by atoms with van der Waals surface area (Å²) in [5.74, 6) is -0.275. The predicted octanol–water partition coefficient (Wildman–Crippen LogP) is 2.86. The van der Waals surface area contributed by atoms with Crippen LogP contribution in [0.25, 0.3) is 0 Å². The third kappa shape index (κ3) is 4.00. The molecule has 1 N–H and O–H groups in total. The second-order valence-corrected chi connectivity index (χ2v) is 9.00. The summed E-state index contributed by atoms with van der Waals surface area (Å²) in [7, 11) is -3.85. The zero-order valence-corrected chi connectivity index (χ0v) is 16.7. The van der Waals surface area contributed by atoms with Gasteiger partial charge in [-0.2, -0.15) is 0 Å².